The molecule has 24 heavy (non-hydrogen) atoms. The maximum atomic E-state index is 13.7. The molecule has 0 aliphatic heterocycles. The van der Waals surface area contributed by atoms with Crippen LogP contribution in [-0.4, -0.2) is 18.8 Å². The van der Waals surface area contributed by atoms with Crippen LogP contribution in [0.4, 0.5) is 4.39 Å². The first kappa shape index (κ1) is 18.1. The van der Waals surface area contributed by atoms with Crippen molar-refractivity contribution in [3.05, 3.63) is 63.4 Å². The summed E-state index contributed by atoms with van der Waals surface area (Å²) in [5, 5.41) is 2.68. The van der Waals surface area contributed by atoms with Gasteiger partial charge in [-0.1, -0.05) is 15.9 Å². The Labute approximate surface area is 148 Å². The molecule has 0 saturated heterocycles. The van der Waals surface area contributed by atoms with Crippen molar-refractivity contribution in [3.8, 4) is 5.75 Å². The summed E-state index contributed by atoms with van der Waals surface area (Å²) < 4.78 is 19.6. The van der Waals surface area contributed by atoms with E-state index in [4.69, 9.17) is 4.74 Å². The molecule has 0 unspecified atom stereocenters. The van der Waals surface area contributed by atoms with Crippen molar-refractivity contribution in [1.29, 1.82) is 0 Å². The van der Waals surface area contributed by atoms with Crippen LogP contribution in [0.5, 0.6) is 5.75 Å². The molecular weight excluding hydrogens is 377 g/mol. The Balaban J connectivity index is 2.08. The lowest BCUT2D eigenvalue weighted by atomic mass is 10.0. The number of hydrogen-bond donors (Lipinski definition) is 1. The third-order valence-corrected chi connectivity index (χ3v) is 4.01. The van der Waals surface area contributed by atoms with E-state index in [1.165, 1.54) is 20.1 Å². The van der Waals surface area contributed by atoms with Crippen LogP contribution >= 0.6 is 15.9 Å². The highest BCUT2D eigenvalue weighted by Gasteiger charge is 2.12. The van der Waals surface area contributed by atoms with E-state index in [1.54, 1.807) is 30.3 Å². The number of halogens is 2. The summed E-state index contributed by atoms with van der Waals surface area (Å²) in [6, 6.07) is 9.50. The Hall–Kier alpha value is -2.21. The van der Waals surface area contributed by atoms with Crippen LogP contribution < -0.4 is 10.1 Å². The fraction of sp³-hybridized carbons (Fsp3) is 0.222. The smallest absolute Gasteiger partial charge is 0.224 e. The number of carbonyl (C=O) groups is 2. The average molecular weight is 394 g/mol. The molecule has 0 aliphatic carbocycles. The maximum Gasteiger partial charge on any atom is 0.224 e. The Morgan fingerprint density at radius 3 is 2.58 bits per heavy atom. The highest BCUT2D eigenvalue weighted by molar-refractivity contribution is 9.10. The fourth-order valence-electron chi connectivity index (χ4n) is 2.24. The molecule has 6 heteroatoms. The molecule has 0 fully saturated rings. The van der Waals surface area contributed by atoms with Gasteiger partial charge in [0.2, 0.25) is 5.91 Å². The highest BCUT2D eigenvalue weighted by Crippen LogP contribution is 2.21. The van der Waals surface area contributed by atoms with Gasteiger partial charge in [-0.2, -0.15) is 0 Å². The summed E-state index contributed by atoms with van der Waals surface area (Å²) in [5.41, 5.74) is 1.51. The number of amides is 1. The summed E-state index contributed by atoms with van der Waals surface area (Å²) >= 11 is 3.27. The zero-order valence-electron chi connectivity index (χ0n) is 13.4. The molecule has 4 nitrogen and oxygen atoms in total. The minimum atomic E-state index is -0.380. The third-order valence-electron chi connectivity index (χ3n) is 3.52. The van der Waals surface area contributed by atoms with E-state index in [0.717, 1.165) is 4.47 Å². The SMILES string of the molecule is COc1ccc(C(C)=O)cc1CC(=O)NCc1cc(Br)ccc1F. The van der Waals surface area contributed by atoms with Crippen molar-refractivity contribution < 1.29 is 18.7 Å². The number of Topliss-reactive ketones (excluding diaryl/α,β-unsaturated/α-hetero) is 1. The molecule has 0 radical (unpaired) electrons. The molecule has 0 atom stereocenters. The summed E-state index contributed by atoms with van der Waals surface area (Å²) in [4.78, 5) is 23.6. The Morgan fingerprint density at radius 1 is 1.17 bits per heavy atom. The Kier molecular flexibility index (Phi) is 6.09. The van der Waals surface area contributed by atoms with Crippen molar-refractivity contribution in [2.75, 3.05) is 7.11 Å². The van der Waals surface area contributed by atoms with Crippen LogP contribution in [0.1, 0.15) is 28.4 Å². The van der Waals surface area contributed by atoms with Gasteiger partial charge in [-0.25, -0.2) is 4.39 Å². The summed E-state index contributed by atoms with van der Waals surface area (Å²) in [6.07, 6.45) is 0.0416. The van der Waals surface area contributed by atoms with Gasteiger partial charge in [0.15, 0.2) is 5.78 Å². The highest BCUT2D eigenvalue weighted by atomic mass is 79.9. The van der Waals surface area contributed by atoms with Gasteiger partial charge in [0.05, 0.1) is 13.5 Å². The van der Waals surface area contributed by atoms with Gasteiger partial charge in [-0.15, -0.1) is 0 Å². The zero-order chi connectivity index (χ0) is 17.7. The van der Waals surface area contributed by atoms with Crippen LogP contribution in [0.3, 0.4) is 0 Å². The summed E-state index contributed by atoms with van der Waals surface area (Å²) in [7, 11) is 1.50. The molecule has 1 amide bonds. The van der Waals surface area contributed by atoms with E-state index in [9.17, 15) is 14.0 Å². The molecule has 1 N–H and O–H groups in total. The van der Waals surface area contributed by atoms with Gasteiger partial charge in [0, 0.05) is 27.7 Å². The van der Waals surface area contributed by atoms with Gasteiger partial charge in [-0.05, 0) is 43.3 Å². The van der Waals surface area contributed by atoms with E-state index < -0.39 is 0 Å². The predicted octanol–water partition coefficient (Wildman–Crippen LogP) is 3.66. The standard InChI is InChI=1S/C18H17BrFNO3/c1-11(22)12-3-6-17(24-2)13(7-12)9-18(23)21-10-14-8-15(19)4-5-16(14)20/h3-8H,9-10H2,1-2H3,(H,21,23). The molecule has 126 valence electrons. The molecule has 2 aromatic carbocycles. The number of ether oxygens (including phenoxy) is 1. The second kappa shape index (κ2) is 8.06. The predicted molar refractivity (Wildman–Crippen MR) is 92.6 cm³/mol. The number of benzene rings is 2. The Morgan fingerprint density at radius 2 is 1.92 bits per heavy atom. The van der Waals surface area contributed by atoms with Gasteiger partial charge >= 0.3 is 0 Å². The number of carbonyl (C=O) groups excluding carboxylic acids is 2. The average Bonchev–Trinajstić information content (AvgIpc) is 2.55. The van der Waals surface area contributed by atoms with E-state index in [2.05, 4.69) is 21.2 Å². The number of nitrogens with one attached hydrogen (secondary N) is 1. The van der Waals surface area contributed by atoms with E-state index in [-0.39, 0.29) is 30.5 Å². The topological polar surface area (TPSA) is 55.4 Å². The molecule has 2 aromatic rings. The minimum absolute atomic E-state index is 0.0416. The molecule has 2 rings (SSSR count). The molecule has 0 spiro atoms. The Bertz CT molecular complexity index is 777. The summed E-state index contributed by atoms with van der Waals surface area (Å²) in [5.74, 6) is -0.220. The van der Waals surface area contributed by atoms with E-state index in [1.807, 2.05) is 0 Å². The van der Waals surface area contributed by atoms with Crippen LogP contribution in [0.2, 0.25) is 0 Å². The molecule has 0 bridgehead atoms. The first-order valence-electron chi connectivity index (χ1n) is 7.29. The lowest BCUT2D eigenvalue weighted by molar-refractivity contribution is -0.120. The second-order valence-corrected chi connectivity index (χ2v) is 6.19. The number of hydrogen-bond acceptors (Lipinski definition) is 3. The first-order chi connectivity index (χ1) is 11.4. The molecule has 0 aliphatic rings. The van der Waals surface area contributed by atoms with Crippen molar-refractivity contribution in [3.63, 3.8) is 0 Å². The van der Waals surface area contributed by atoms with Gasteiger partial charge in [0.1, 0.15) is 11.6 Å². The molecule has 0 heterocycles. The van der Waals surface area contributed by atoms with Crippen LogP contribution in [0, 0.1) is 5.82 Å². The first-order valence-corrected chi connectivity index (χ1v) is 8.08. The van der Waals surface area contributed by atoms with Gasteiger partial charge in [0.25, 0.3) is 0 Å². The van der Waals surface area contributed by atoms with Crippen LogP contribution in [0.25, 0.3) is 0 Å². The molecule has 0 aromatic heterocycles. The number of rotatable bonds is 6. The minimum Gasteiger partial charge on any atom is -0.496 e. The summed E-state index contributed by atoms with van der Waals surface area (Å²) in [6.45, 7) is 1.54. The number of ketones is 1. The van der Waals surface area contributed by atoms with Crippen LogP contribution in [-0.2, 0) is 17.8 Å². The van der Waals surface area contributed by atoms with E-state index in [0.29, 0.717) is 22.4 Å². The molecular formula is C18H17BrFNO3. The second-order valence-electron chi connectivity index (χ2n) is 5.27. The van der Waals surface area contributed by atoms with Crippen molar-refractivity contribution >= 4 is 27.6 Å². The lowest BCUT2D eigenvalue weighted by Crippen LogP contribution is -2.25. The normalized spacial score (nSPS) is 10.3. The quantitative estimate of drug-likeness (QED) is 0.761. The van der Waals surface area contributed by atoms with E-state index >= 15 is 0 Å². The van der Waals surface area contributed by atoms with Crippen molar-refractivity contribution in [2.45, 2.75) is 19.9 Å². The molecule has 0 saturated carbocycles. The fourth-order valence-corrected chi connectivity index (χ4v) is 2.65. The monoisotopic (exact) mass is 393 g/mol. The van der Waals surface area contributed by atoms with Gasteiger partial charge < -0.3 is 10.1 Å². The van der Waals surface area contributed by atoms with Crippen molar-refractivity contribution in [1.82, 2.24) is 5.32 Å². The number of methoxy groups -OCH3 is 1. The third kappa shape index (κ3) is 4.64. The largest absolute Gasteiger partial charge is 0.496 e. The van der Waals surface area contributed by atoms with Gasteiger partial charge in [-0.3, -0.25) is 9.59 Å². The lowest BCUT2D eigenvalue weighted by Gasteiger charge is -2.11. The van der Waals surface area contributed by atoms with Crippen LogP contribution in [0.15, 0.2) is 40.9 Å². The zero-order valence-corrected chi connectivity index (χ0v) is 14.9. The maximum absolute atomic E-state index is 13.7. The van der Waals surface area contributed by atoms with Crippen molar-refractivity contribution in [2.24, 2.45) is 0 Å².